The van der Waals surface area contributed by atoms with E-state index in [1.165, 1.54) is 0 Å². The summed E-state index contributed by atoms with van der Waals surface area (Å²) < 4.78 is 11.3. The molecule has 130 valence electrons. The molecule has 2 N–H and O–H groups in total. The van der Waals surface area contributed by atoms with Crippen LogP contribution in [0.25, 0.3) is 10.8 Å². The Bertz CT molecular complexity index is 709. The van der Waals surface area contributed by atoms with Crippen LogP contribution < -0.4 is 15.2 Å². The van der Waals surface area contributed by atoms with E-state index in [-0.39, 0.29) is 5.92 Å². The highest BCUT2D eigenvalue weighted by atomic mass is 16.5. The number of carbonyl (C=O) groups excluding carboxylic acids is 1. The minimum atomic E-state index is -0.634. The Hall–Kier alpha value is -2.07. The average molecular weight is 329 g/mol. The number of hydrogen-bond acceptors (Lipinski definition) is 4. The lowest BCUT2D eigenvalue weighted by molar-refractivity contribution is -0.136. The molecule has 0 radical (unpaired) electrons. The molecular weight excluding hydrogens is 302 g/mol. The number of ether oxygens (including phenoxy) is 2. The summed E-state index contributed by atoms with van der Waals surface area (Å²) in [4.78, 5) is 12.4. The molecular formula is C20H27NO3. The molecule has 2 rings (SSSR count). The second kappa shape index (κ2) is 8.15. The monoisotopic (exact) mass is 329 g/mol. The van der Waals surface area contributed by atoms with Crippen molar-refractivity contribution >= 4 is 16.7 Å². The summed E-state index contributed by atoms with van der Waals surface area (Å²) in [5.74, 6) is 1.05. The van der Waals surface area contributed by atoms with Crippen LogP contribution in [-0.4, -0.2) is 19.1 Å². The summed E-state index contributed by atoms with van der Waals surface area (Å²) in [6.07, 6.45) is 2.91. The number of rotatable bonds is 7. The van der Waals surface area contributed by atoms with E-state index in [2.05, 4.69) is 6.92 Å². The van der Waals surface area contributed by atoms with Gasteiger partial charge in [0.05, 0.1) is 7.11 Å². The Morgan fingerprint density at radius 1 is 1.21 bits per heavy atom. The smallest absolute Gasteiger partial charge is 0.328 e. The molecule has 0 unspecified atom stereocenters. The number of esters is 1. The molecule has 0 bridgehead atoms. The first-order valence-corrected chi connectivity index (χ1v) is 8.55. The lowest BCUT2D eigenvalue weighted by atomic mass is 10.00. The molecule has 0 aliphatic heterocycles. The number of methoxy groups -OCH3 is 1. The summed E-state index contributed by atoms with van der Waals surface area (Å²) in [6, 6.07) is 9.15. The fourth-order valence-electron chi connectivity index (χ4n) is 2.65. The zero-order valence-corrected chi connectivity index (χ0v) is 15.0. The van der Waals surface area contributed by atoms with Gasteiger partial charge in [0.2, 0.25) is 0 Å². The van der Waals surface area contributed by atoms with Gasteiger partial charge in [-0.15, -0.1) is 0 Å². The summed E-state index contributed by atoms with van der Waals surface area (Å²) in [7, 11) is 1.66. The van der Waals surface area contributed by atoms with E-state index in [9.17, 15) is 4.79 Å². The minimum Gasteiger partial charge on any atom is -0.496 e. The first-order valence-electron chi connectivity index (χ1n) is 8.55. The summed E-state index contributed by atoms with van der Waals surface area (Å²) in [6.45, 7) is 5.96. The highest BCUT2D eigenvalue weighted by molar-refractivity contribution is 5.96. The molecule has 0 amide bonds. The molecule has 0 saturated heterocycles. The number of benzene rings is 2. The van der Waals surface area contributed by atoms with Gasteiger partial charge in [0.25, 0.3) is 0 Å². The van der Waals surface area contributed by atoms with Gasteiger partial charge in [0.15, 0.2) is 0 Å². The van der Waals surface area contributed by atoms with Crippen LogP contribution in [0, 0.1) is 5.92 Å². The molecule has 0 aliphatic rings. The fraction of sp³-hybridized carbons (Fsp3) is 0.450. The number of unbranched alkanes of at least 4 members (excludes halogenated alkanes) is 1. The van der Waals surface area contributed by atoms with Gasteiger partial charge in [-0.1, -0.05) is 51.5 Å². The van der Waals surface area contributed by atoms with Crippen LogP contribution in [0.2, 0.25) is 0 Å². The van der Waals surface area contributed by atoms with Gasteiger partial charge in [0, 0.05) is 10.8 Å². The van der Waals surface area contributed by atoms with Crippen LogP contribution in [0.4, 0.5) is 0 Å². The van der Waals surface area contributed by atoms with Gasteiger partial charge in [-0.3, -0.25) is 0 Å². The van der Waals surface area contributed by atoms with Crippen molar-refractivity contribution in [3.05, 3.63) is 35.9 Å². The Balaban J connectivity index is 2.53. The number of carbonyl (C=O) groups is 1. The molecule has 2 aromatic rings. The van der Waals surface area contributed by atoms with Crippen molar-refractivity contribution in [3.8, 4) is 11.5 Å². The van der Waals surface area contributed by atoms with Gasteiger partial charge in [-0.25, -0.2) is 4.79 Å². The average Bonchev–Trinajstić information content (AvgIpc) is 2.59. The topological polar surface area (TPSA) is 61.5 Å². The molecule has 0 spiro atoms. The quantitative estimate of drug-likeness (QED) is 0.614. The highest BCUT2D eigenvalue weighted by Gasteiger charge is 2.22. The Morgan fingerprint density at radius 3 is 2.46 bits per heavy atom. The molecule has 0 heterocycles. The lowest BCUT2D eigenvalue weighted by Gasteiger charge is -2.19. The zero-order valence-electron chi connectivity index (χ0n) is 15.0. The first kappa shape index (κ1) is 18.3. The second-order valence-electron chi connectivity index (χ2n) is 6.41. The standard InChI is InChI=1S/C20H27NO3/c1-5-6-9-14-12-17(23-4)15-10-7-8-11-16(15)19(14)24-20(22)18(21)13(2)3/h7-8,10-13,18H,5-6,9,21H2,1-4H3/t18-/m0/s1. The molecule has 2 aromatic carbocycles. The van der Waals surface area contributed by atoms with Gasteiger partial charge >= 0.3 is 5.97 Å². The minimum absolute atomic E-state index is 0.0288. The number of aryl methyl sites for hydroxylation is 1. The van der Waals surface area contributed by atoms with Gasteiger partial charge in [0.1, 0.15) is 17.5 Å². The molecule has 4 heteroatoms. The molecule has 0 aromatic heterocycles. The molecule has 24 heavy (non-hydrogen) atoms. The normalized spacial score (nSPS) is 12.4. The first-order chi connectivity index (χ1) is 11.5. The van der Waals surface area contributed by atoms with E-state index in [4.69, 9.17) is 15.2 Å². The van der Waals surface area contributed by atoms with Crippen molar-refractivity contribution in [1.82, 2.24) is 0 Å². The van der Waals surface area contributed by atoms with E-state index in [1.807, 2.05) is 44.2 Å². The van der Waals surface area contributed by atoms with Crippen LogP contribution in [0.1, 0.15) is 39.2 Å². The van der Waals surface area contributed by atoms with E-state index < -0.39 is 12.0 Å². The van der Waals surface area contributed by atoms with Crippen LogP contribution in [-0.2, 0) is 11.2 Å². The highest BCUT2D eigenvalue weighted by Crippen LogP contribution is 2.37. The third-order valence-corrected chi connectivity index (χ3v) is 4.25. The molecule has 4 nitrogen and oxygen atoms in total. The molecule has 0 fully saturated rings. The molecule has 0 saturated carbocycles. The van der Waals surface area contributed by atoms with Crippen LogP contribution >= 0.6 is 0 Å². The Kier molecular flexibility index (Phi) is 6.21. The number of nitrogens with two attached hydrogens (primary N) is 1. The predicted octanol–water partition coefficient (Wildman–Crippen LogP) is 4.08. The number of fused-ring (bicyclic) bond motifs is 1. The second-order valence-corrected chi connectivity index (χ2v) is 6.41. The SMILES string of the molecule is CCCCc1cc(OC)c2ccccc2c1OC(=O)[C@@H](N)C(C)C. The molecule has 1 atom stereocenters. The fourth-order valence-corrected chi connectivity index (χ4v) is 2.65. The Morgan fingerprint density at radius 2 is 1.88 bits per heavy atom. The summed E-state index contributed by atoms with van der Waals surface area (Å²) in [5.41, 5.74) is 6.94. The third-order valence-electron chi connectivity index (χ3n) is 4.25. The van der Waals surface area contributed by atoms with Crippen molar-refractivity contribution in [2.45, 2.75) is 46.1 Å². The maximum absolute atomic E-state index is 12.4. The maximum atomic E-state index is 12.4. The van der Waals surface area contributed by atoms with Crippen molar-refractivity contribution in [2.24, 2.45) is 11.7 Å². The van der Waals surface area contributed by atoms with Gasteiger partial charge < -0.3 is 15.2 Å². The molecule has 0 aliphatic carbocycles. The predicted molar refractivity (Wildman–Crippen MR) is 97.6 cm³/mol. The maximum Gasteiger partial charge on any atom is 0.328 e. The van der Waals surface area contributed by atoms with E-state index >= 15 is 0 Å². The van der Waals surface area contributed by atoms with Crippen LogP contribution in [0.15, 0.2) is 30.3 Å². The van der Waals surface area contributed by atoms with Crippen molar-refractivity contribution in [3.63, 3.8) is 0 Å². The lowest BCUT2D eigenvalue weighted by Crippen LogP contribution is -2.38. The largest absolute Gasteiger partial charge is 0.496 e. The van der Waals surface area contributed by atoms with E-state index in [0.717, 1.165) is 41.3 Å². The van der Waals surface area contributed by atoms with Crippen molar-refractivity contribution in [1.29, 1.82) is 0 Å². The van der Waals surface area contributed by atoms with E-state index in [0.29, 0.717) is 5.75 Å². The summed E-state index contributed by atoms with van der Waals surface area (Å²) in [5, 5.41) is 1.81. The van der Waals surface area contributed by atoms with Gasteiger partial charge in [-0.05, 0) is 30.4 Å². The Labute approximate surface area is 143 Å². The number of hydrogen-bond donors (Lipinski definition) is 1. The van der Waals surface area contributed by atoms with E-state index in [1.54, 1.807) is 7.11 Å². The van der Waals surface area contributed by atoms with Crippen LogP contribution in [0.3, 0.4) is 0 Å². The van der Waals surface area contributed by atoms with Gasteiger partial charge in [-0.2, -0.15) is 0 Å². The van der Waals surface area contributed by atoms with Crippen LogP contribution in [0.5, 0.6) is 11.5 Å². The van der Waals surface area contributed by atoms with Crippen molar-refractivity contribution < 1.29 is 14.3 Å². The summed E-state index contributed by atoms with van der Waals surface area (Å²) >= 11 is 0. The third kappa shape index (κ3) is 3.88. The zero-order chi connectivity index (χ0) is 17.7. The van der Waals surface area contributed by atoms with Crippen molar-refractivity contribution in [2.75, 3.05) is 7.11 Å².